The topological polar surface area (TPSA) is 55.4 Å². The van der Waals surface area contributed by atoms with E-state index in [4.69, 9.17) is 0 Å². The standard InChI is InChI=1S/C9H9NO3.C2H6/c1-10-8-5-3-2-4-7(8)9(12)13-6-11;1-2/h2-6,10H,1H3;1-2H3. The van der Waals surface area contributed by atoms with E-state index in [1.54, 1.807) is 31.3 Å². The van der Waals surface area contributed by atoms with Crippen LogP contribution in [0.5, 0.6) is 0 Å². The molecule has 0 atom stereocenters. The van der Waals surface area contributed by atoms with Crippen LogP contribution >= 0.6 is 0 Å². The molecule has 0 saturated carbocycles. The molecule has 0 amide bonds. The molecule has 0 radical (unpaired) electrons. The number of hydrogen-bond donors (Lipinski definition) is 1. The number of carbonyl (C=O) groups excluding carboxylic acids is 2. The Hall–Kier alpha value is -1.84. The molecule has 15 heavy (non-hydrogen) atoms. The number of carbonyl (C=O) groups is 2. The molecular weight excluding hydrogens is 194 g/mol. The van der Waals surface area contributed by atoms with Gasteiger partial charge in [-0.25, -0.2) is 4.79 Å². The second-order valence-electron chi connectivity index (χ2n) is 2.30. The minimum absolute atomic E-state index is 0.120. The third kappa shape index (κ3) is 3.81. The van der Waals surface area contributed by atoms with Crippen molar-refractivity contribution in [2.45, 2.75) is 13.8 Å². The van der Waals surface area contributed by atoms with Crippen LogP contribution in [0.1, 0.15) is 24.2 Å². The molecule has 0 bridgehead atoms. The van der Waals surface area contributed by atoms with E-state index < -0.39 is 5.97 Å². The predicted octanol–water partition coefficient (Wildman–Crippen LogP) is 2.07. The van der Waals surface area contributed by atoms with Gasteiger partial charge >= 0.3 is 12.4 Å². The number of hydrogen-bond acceptors (Lipinski definition) is 4. The van der Waals surface area contributed by atoms with Crippen molar-refractivity contribution in [1.82, 2.24) is 0 Å². The van der Waals surface area contributed by atoms with Gasteiger partial charge in [0.15, 0.2) is 0 Å². The maximum atomic E-state index is 11.1. The van der Waals surface area contributed by atoms with Gasteiger partial charge in [-0.05, 0) is 12.1 Å². The highest BCUT2D eigenvalue weighted by molar-refractivity contribution is 5.98. The van der Waals surface area contributed by atoms with Crippen LogP contribution in [0.4, 0.5) is 5.69 Å². The Bertz CT molecular complexity index is 323. The summed E-state index contributed by atoms with van der Waals surface area (Å²) in [5.74, 6) is -0.653. The van der Waals surface area contributed by atoms with Crippen LogP contribution in [0.25, 0.3) is 0 Å². The predicted molar refractivity (Wildman–Crippen MR) is 58.8 cm³/mol. The molecule has 0 aliphatic carbocycles. The van der Waals surface area contributed by atoms with Crippen molar-refractivity contribution in [1.29, 1.82) is 0 Å². The third-order valence-corrected chi connectivity index (χ3v) is 1.57. The zero-order valence-corrected chi connectivity index (χ0v) is 9.11. The van der Waals surface area contributed by atoms with Gasteiger partial charge in [0, 0.05) is 12.7 Å². The lowest BCUT2D eigenvalue weighted by Gasteiger charge is -2.04. The van der Waals surface area contributed by atoms with E-state index in [1.165, 1.54) is 0 Å². The number of benzene rings is 1. The summed E-state index contributed by atoms with van der Waals surface area (Å²) >= 11 is 0. The third-order valence-electron chi connectivity index (χ3n) is 1.57. The van der Waals surface area contributed by atoms with Gasteiger partial charge in [0.2, 0.25) is 0 Å². The second-order valence-corrected chi connectivity index (χ2v) is 2.30. The number of anilines is 1. The first-order chi connectivity index (χ1) is 7.29. The second kappa shape index (κ2) is 7.55. The highest BCUT2D eigenvalue weighted by Crippen LogP contribution is 2.14. The summed E-state index contributed by atoms with van der Waals surface area (Å²) in [5.41, 5.74) is 0.978. The molecule has 0 aromatic heterocycles. The molecule has 0 heterocycles. The zero-order chi connectivity index (χ0) is 11.7. The van der Waals surface area contributed by atoms with Gasteiger partial charge in [0.25, 0.3) is 0 Å². The van der Waals surface area contributed by atoms with Crippen LogP contribution in [0.2, 0.25) is 0 Å². The molecule has 4 nitrogen and oxygen atoms in total. The highest BCUT2D eigenvalue weighted by atomic mass is 16.6. The van der Waals surface area contributed by atoms with Crippen molar-refractivity contribution in [2.75, 3.05) is 12.4 Å². The Morgan fingerprint density at radius 3 is 2.47 bits per heavy atom. The lowest BCUT2D eigenvalue weighted by molar-refractivity contribution is -0.123. The smallest absolute Gasteiger partial charge is 0.347 e. The normalized spacial score (nSPS) is 8.20. The first kappa shape index (κ1) is 13.2. The average molecular weight is 209 g/mol. The molecule has 1 N–H and O–H groups in total. The fraction of sp³-hybridized carbons (Fsp3) is 0.273. The Labute approximate surface area is 89.2 Å². The van der Waals surface area contributed by atoms with Crippen LogP contribution in [-0.4, -0.2) is 19.5 Å². The van der Waals surface area contributed by atoms with Crippen molar-refractivity contribution in [3.05, 3.63) is 29.8 Å². The van der Waals surface area contributed by atoms with Crippen LogP contribution in [0.15, 0.2) is 24.3 Å². The summed E-state index contributed by atoms with van der Waals surface area (Å²) < 4.78 is 4.21. The van der Waals surface area contributed by atoms with Crippen molar-refractivity contribution in [2.24, 2.45) is 0 Å². The van der Waals surface area contributed by atoms with Gasteiger partial charge in [0.1, 0.15) is 0 Å². The van der Waals surface area contributed by atoms with Crippen molar-refractivity contribution < 1.29 is 14.3 Å². The number of nitrogens with one attached hydrogen (secondary N) is 1. The minimum Gasteiger partial charge on any atom is -0.392 e. The summed E-state index contributed by atoms with van der Waals surface area (Å²) in [6.07, 6.45) is 0. The maximum Gasteiger partial charge on any atom is 0.347 e. The van der Waals surface area contributed by atoms with Crippen LogP contribution in [0, 0.1) is 0 Å². The van der Waals surface area contributed by atoms with E-state index in [0.29, 0.717) is 11.3 Å². The average Bonchev–Trinajstić information content (AvgIpc) is 2.32. The summed E-state index contributed by atoms with van der Waals surface area (Å²) in [5, 5.41) is 2.82. The van der Waals surface area contributed by atoms with Crippen molar-refractivity contribution in [3.63, 3.8) is 0 Å². The summed E-state index contributed by atoms with van der Waals surface area (Å²) in [6, 6.07) is 6.78. The molecule has 82 valence electrons. The Morgan fingerprint density at radius 2 is 1.93 bits per heavy atom. The number of rotatable bonds is 3. The minimum atomic E-state index is -0.653. The van der Waals surface area contributed by atoms with E-state index in [9.17, 15) is 9.59 Å². The molecule has 0 aliphatic heterocycles. The number of para-hydroxylation sites is 1. The molecular formula is C11H15NO3. The Morgan fingerprint density at radius 1 is 1.33 bits per heavy atom. The molecule has 4 heteroatoms. The van der Waals surface area contributed by atoms with Gasteiger partial charge in [-0.3, -0.25) is 4.79 Å². The Balaban J connectivity index is 0.000000921. The van der Waals surface area contributed by atoms with Crippen LogP contribution < -0.4 is 5.32 Å². The van der Waals surface area contributed by atoms with Crippen molar-refractivity contribution >= 4 is 18.1 Å². The lowest BCUT2D eigenvalue weighted by Crippen LogP contribution is -2.06. The molecule has 0 saturated heterocycles. The number of ether oxygens (including phenoxy) is 1. The van der Waals surface area contributed by atoms with Gasteiger partial charge in [0.05, 0.1) is 5.56 Å². The summed E-state index contributed by atoms with van der Waals surface area (Å²) in [4.78, 5) is 21.1. The highest BCUT2D eigenvalue weighted by Gasteiger charge is 2.10. The molecule has 0 fully saturated rings. The molecule has 0 unspecified atom stereocenters. The fourth-order valence-corrected chi connectivity index (χ4v) is 0.986. The molecule has 0 spiro atoms. The van der Waals surface area contributed by atoms with Crippen LogP contribution in [-0.2, 0) is 9.53 Å². The van der Waals surface area contributed by atoms with Crippen LogP contribution in [0.3, 0.4) is 0 Å². The SMILES string of the molecule is CC.CNc1ccccc1C(=O)OC=O. The quantitative estimate of drug-likeness (QED) is 0.470. The summed E-state index contributed by atoms with van der Waals surface area (Å²) in [6.45, 7) is 4.12. The van der Waals surface area contributed by atoms with Gasteiger partial charge in [-0.2, -0.15) is 0 Å². The van der Waals surface area contributed by atoms with E-state index in [2.05, 4.69) is 10.1 Å². The maximum absolute atomic E-state index is 11.1. The van der Waals surface area contributed by atoms with E-state index in [-0.39, 0.29) is 6.47 Å². The number of esters is 1. The lowest BCUT2D eigenvalue weighted by atomic mass is 10.2. The van der Waals surface area contributed by atoms with Gasteiger partial charge in [-0.1, -0.05) is 26.0 Å². The van der Waals surface area contributed by atoms with Gasteiger partial charge in [-0.15, -0.1) is 0 Å². The largest absolute Gasteiger partial charge is 0.392 e. The molecule has 1 aromatic carbocycles. The Kier molecular flexibility index (Phi) is 6.63. The van der Waals surface area contributed by atoms with E-state index in [0.717, 1.165) is 0 Å². The first-order valence-corrected chi connectivity index (χ1v) is 4.71. The van der Waals surface area contributed by atoms with E-state index >= 15 is 0 Å². The molecule has 0 aliphatic rings. The monoisotopic (exact) mass is 209 g/mol. The molecule has 1 aromatic rings. The van der Waals surface area contributed by atoms with Crippen molar-refractivity contribution in [3.8, 4) is 0 Å². The van der Waals surface area contributed by atoms with E-state index in [1.807, 2.05) is 13.8 Å². The zero-order valence-electron chi connectivity index (χ0n) is 9.11. The molecule has 1 rings (SSSR count). The summed E-state index contributed by atoms with van der Waals surface area (Å²) in [7, 11) is 1.69. The van der Waals surface area contributed by atoms with Gasteiger partial charge < -0.3 is 10.1 Å². The first-order valence-electron chi connectivity index (χ1n) is 4.71. The fourth-order valence-electron chi connectivity index (χ4n) is 0.986.